The van der Waals surface area contributed by atoms with Crippen LogP contribution in [0.3, 0.4) is 0 Å². The van der Waals surface area contributed by atoms with E-state index >= 15 is 0 Å². The summed E-state index contributed by atoms with van der Waals surface area (Å²) >= 11 is 0. The Bertz CT molecular complexity index is 1330. The Hall–Kier alpha value is -3.79. The molecule has 10 heteroatoms. The first-order valence-corrected chi connectivity index (χ1v) is 10.1. The summed E-state index contributed by atoms with van der Waals surface area (Å²) in [7, 11) is -1.60. The van der Waals surface area contributed by atoms with Crippen LogP contribution in [-0.2, 0) is 10.0 Å². The Balaban J connectivity index is 1.89. The Morgan fingerprint density at radius 3 is 2.53 bits per heavy atom. The van der Waals surface area contributed by atoms with Gasteiger partial charge in [0.05, 0.1) is 24.7 Å². The number of hydrogen-bond acceptors (Lipinski definition) is 6. The Morgan fingerprint density at radius 2 is 1.87 bits per heavy atom. The molecule has 0 aromatic heterocycles. The summed E-state index contributed by atoms with van der Waals surface area (Å²) in [6.07, 6.45) is 0. The SMILES string of the molecule is COc1cc(OC)c(NS(=O)(=O)c2ccc3c4c(cccc24)C(=O)N3)c(C(=O)O)c1. The number of rotatable bonds is 6. The van der Waals surface area contributed by atoms with Crippen molar-refractivity contribution in [3.63, 3.8) is 0 Å². The smallest absolute Gasteiger partial charge is 0.338 e. The van der Waals surface area contributed by atoms with Gasteiger partial charge in [-0.3, -0.25) is 9.52 Å². The molecule has 0 spiro atoms. The van der Waals surface area contributed by atoms with E-state index in [0.29, 0.717) is 22.0 Å². The zero-order chi connectivity index (χ0) is 21.6. The van der Waals surface area contributed by atoms with Crippen LogP contribution in [0.2, 0.25) is 0 Å². The highest BCUT2D eigenvalue weighted by molar-refractivity contribution is 7.93. The summed E-state index contributed by atoms with van der Waals surface area (Å²) in [5.41, 5.74) is 0.311. The van der Waals surface area contributed by atoms with Crippen LogP contribution in [0.5, 0.6) is 11.5 Å². The minimum atomic E-state index is -4.24. The number of carboxylic acids is 1. The third kappa shape index (κ3) is 2.98. The average Bonchev–Trinajstić information content (AvgIpc) is 3.05. The predicted octanol–water partition coefficient (Wildman–Crippen LogP) is 2.92. The van der Waals surface area contributed by atoms with Crippen LogP contribution in [0.25, 0.3) is 10.8 Å². The normalized spacial score (nSPS) is 12.5. The van der Waals surface area contributed by atoms with Crippen molar-refractivity contribution in [2.75, 3.05) is 24.3 Å². The van der Waals surface area contributed by atoms with E-state index in [-0.39, 0.29) is 33.6 Å². The molecule has 4 rings (SSSR count). The van der Waals surface area contributed by atoms with Gasteiger partial charge in [-0.05, 0) is 24.3 Å². The molecule has 3 aromatic rings. The number of sulfonamides is 1. The number of methoxy groups -OCH3 is 2. The number of amides is 1. The van der Waals surface area contributed by atoms with Gasteiger partial charge in [-0.1, -0.05) is 12.1 Å². The Kier molecular flexibility index (Phi) is 4.50. The molecule has 3 N–H and O–H groups in total. The number of carbonyl (C=O) groups is 2. The maximum Gasteiger partial charge on any atom is 0.338 e. The van der Waals surface area contributed by atoms with E-state index in [1.54, 1.807) is 18.2 Å². The minimum absolute atomic E-state index is 0.0156. The number of carbonyl (C=O) groups excluding carboxylic acids is 1. The number of anilines is 2. The maximum atomic E-state index is 13.2. The molecule has 0 bridgehead atoms. The molecule has 30 heavy (non-hydrogen) atoms. The molecule has 1 aliphatic rings. The number of ether oxygens (including phenoxy) is 2. The van der Waals surface area contributed by atoms with Crippen LogP contribution in [0, 0.1) is 0 Å². The van der Waals surface area contributed by atoms with Crippen molar-refractivity contribution in [1.29, 1.82) is 0 Å². The summed E-state index contributed by atoms with van der Waals surface area (Å²) in [5.74, 6) is -1.50. The highest BCUT2D eigenvalue weighted by Crippen LogP contribution is 2.39. The summed E-state index contributed by atoms with van der Waals surface area (Å²) in [4.78, 5) is 23.7. The van der Waals surface area contributed by atoms with Gasteiger partial charge in [0.2, 0.25) is 0 Å². The fraction of sp³-hybridized carbons (Fsp3) is 0.100. The molecule has 0 unspecified atom stereocenters. The number of benzene rings is 3. The highest BCUT2D eigenvalue weighted by Gasteiger charge is 2.28. The predicted molar refractivity (Wildman–Crippen MR) is 109 cm³/mol. The van der Waals surface area contributed by atoms with Gasteiger partial charge in [-0.2, -0.15) is 0 Å². The van der Waals surface area contributed by atoms with E-state index in [9.17, 15) is 23.1 Å². The molecule has 154 valence electrons. The Labute approximate surface area is 171 Å². The van der Waals surface area contributed by atoms with E-state index in [2.05, 4.69) is 10.0 Å². The molecule has 1 heterocycles. The summed E-state index contributed by atoms with van der Waals surface area (Å²) in [6, 6.07) is 10.2. The van der Waals surface area contributed by atoms with Gasteiger partial charge in [0.25, 0.3) is 15.9 Å². The molecule has 0 saturated carbocycles. The van der Waals surface area contributed by atoms with Gasteiger partial charge in [-0.15, -0.1) is 0 Å². The number of aromatic carboxylic acids is 1. The molecule has 1 amide bonds. The maximum absolute atomic E-state index is 13.2. The summed E-state index contributed by atoms with van der Waals surface area (Å²) in [6.45, 7) is 0. The van der Waals surface area contributed by atoms with Gasteiger partial charge in [0, 0.05) is 28.1 Å². The van der Waals surface area contributed by atoms with Gasteiger partial charge in [0.15, 0.2) is 0 Å². The number of hydrogen-bond donors (Lipinski definition) is 3. The van der Waals surface area contributed by atoms with Crippen molar-refractivity contribution in [3.8, 4) is 11.5 Å². The van der Waals surface area contributed by atoms with Crippen molar-refractivity contribution in [1.82, 2.24) is 0 Å². The molecule has 0 fully saturated rings. The van der Waals surface area contributed by atoms with Gasteiger partial charge >= 0.3 is 5.97 Å². The van der Waals surface area contributed by atoms with E-state index in [1.165, 1.54) is 38.5 Å². The van der Waals surface area contributed by atoms with Crippen LogP contribution in [0.15, 0.2) is 47.4 Å². The fourth-order valence-electron chi connectivity index (χ4n) is 3.43. The van der Waals surface area contributed by atoms with Crippen LogP contribution in [0.4, 0.5) is 11.4 Å². The lowest BCUT2D eigenvalue weighted by Crippen LogP contribution is -2.17. The molecular formula is C20H16N2O7S. The van der Waals surface area contributed by atoms with E-state index < -0.39 is 16.0 Å². The average molecular weight is 428 g/mol. The van der Waals surface area contributed by atoms with Crippen molar-refractivity contribution in [3.05, 3.63) is 53.6 Å². The van der Waals surface area contributed by atoms with Crippen LogP contribution < -0.4 is 19.5 Å². The van der Waals surface area contributed by atoms with E-state index in [4.69, 9.17) is 9.47 Å². The zero-order valence-corrected chi connectivity index (χ0v) is 16.7. The summed E-state index contributed by atoms with van der Waals surface area (Å²) in [5, 5.41) is 13.1. The first-order valence-electron chi connectivity index (χ1n) is 8.66. The molecule has 1 aliphatic heterocycles. The topological polar surface area (TPSA) is 131 Å². The second-order valence-electron chi connectivity index (χ2n) is 6.46. The highest BCUT2D eigenvalue weighted by atomic mass is 32.2. The molecule has 0 radical (unpaired) electrons. The second kappa shape index (κ2) is 6.92. The monoisotopic (exact) mass is 428 g/mol. The van der Waals surface area contributed by atoms with Crippen LogP contribution >= 0.6 is 0 Å². The zero-order valence-electron chi connectivity index (χ0n) is 15.8. The van der Waals surface area contributed by atoms with E-state index in [1.807, 2.05) is 0 Å². The standard InChI is InChI=1S/C20H16N2O7S/c1-28-10-8-13(20(24)25)18(15(9-10)29-2)22-30(26,27)16-7-6-14-17-11(16)4-3-5-12(17)19(23)21-14/h3-9,22H,1-2H3,(H,21,23)(H,24,25). The van der Waals surface area contributed by atoms with Crippen LogP contribution in [0.1, 0.15) is 20.7 Å². The first-order chi connectivity index (χ1) is 14.3. The number of nitrogens with one attached hydrogen (secondary N) is 2. The second-order valence-corrected chi connectivity index (χ2v) is 8.11. The molecule has 9 nitrogen and oxygen atoms in total. The van der Waals surface area contributed by atoms with Gasteiger partial charge < -0.3 is 19.9 Å². The third-order valence-corrected chi connectivity index (χ3v) is 6.19. The molecule has 0 atom stereocenters. The van der Waals surface area contributed by atoms with Gasteiger partial charge in [0.1, 0.15) is 17.2 Å². The lowest BCUT2D eigenvalue weighted by atomic mass is 10.1. The van der Waals surface area contributed by atoms with Crippen LogP contribution in [-0.4, -0.2) is 39.6 Å². The van der Waals surface area contributed by atoms with Crippen molar-refractivity contribution < 1.29 is 32.6 Å². The summed E-state index contributed by atoms with van der Waals surface area (Å²) < 4.78 is 39.1. The fourth-order valence-corrected chi connectivity index (χ4v) is 4.73. The Morgan fingerprint density at radius 1 is 1.10 bits per heavy atom. The molecule has 0 saturated heterocycles. The van der Waals surface area contributed by atoms with E-state index in [0.717, 1.165) is 0 Å². The molecule has 3 aromatic carbocycles. The number of carboxylic acid groups (broad SMARTS) is 1. The minimum Gasteiger partial charge on any atom is -0.497 e. The van der Waals surface area contributed by atoms with Gasteiger partial charge in [-0.25, -0.2) is 13.2 Å². The quantitative estimate of drug-likeness (QED) is 0.550. The van der Waals surface area contributed by atoms with Crippen molar-refractivity contribution in [2.45, 2.75) is 4.90 Å². The largest absolute Gasteiger partial charge is 0.497 e. The lowest BCUT2D eigenvalue weighted by Gasteiger charge is -2.16. The lowest BCUT2D eigenvalue weighted by molar-refractivity contribution is 0.0697. The molecular weight excluding hydrogens is 412 g/mol. The van der Waals surface area contributed by atoms with Crippen molar-refractivity contribution in [2.24, 2.45) is 0 Å². The third-order valence-electron chi connectivity index (χ3n) is 4.78. The van der Waals surface area contributed by atoms with Crippen molar-refractivity contribution >= 4 is 44.0 Å². The first kappa shape index (κ1) is 19.5. The molecule has 0 aliphatic carbocycles.